The Bertz CT molecular complexity index is 527. The van der Waals surface area contributed by atoms with Crippen LogP contribution in [0, 0.1) is 0 Å². The summed E-state index contributed by atoms with van der Waals surface area (Å²) >= 11 is 1.66. The lowest BCUT2D eigenvalue weighted by atomic mass is 9.99. The number of aromatic nitrogens is 1. The number of benzene rings is 1. The highest BCUT2D eigenvalue weighted by atomic mass is 32.1. The largest absolute Gasteiger partial charge is 0.372 e. The van der Waals surface area contributed by atoms with Crippen LogP contribution < -0.4 is 11.3 Å². The van der Waals surface area contributed by atoms with Gasteiger partial charge in [-0.3, -0.25) is 16.3 Å². The fourth-order valence-electron chi connectivity index (χ4n) is 2.23. The minimum absolute atomic E-state index is 0.122. The predicted molar refractivity (Wildman–Crippen MR) is 70.8 cm³/mol. The van der Waals surface area contributed by atoms with Crippen LogP contribution in [0.25, 0.3) is 0 Å². The van der Waals surface area contributed by atoms with Gasteiger partial charge in [-0.15, -0.1) is 11.3 Å². The van der Waals surface area contributed by atoms with Crippen molar-refractivity contribution in [2.45, 2.75) is 25.7 Å². The van der Waals surface area contributed by atoms with E-state index in [0.29, 0.717) is 6.61 Å². The fourth-order valence-corrected chi connectivity index (χ4v) is 2.87. The van der Waals surface area contributed by atoms with Gasteiger partial charge in [-0.25, -0.2) is 0 Å². The van der Waals surface area contributed by atoms with E-state index < -0.39 is 0 Å². The van der Waals surface area contributed by atoms with Crippen molar-refractivity contribution >= 4 is 11.3 Å². The third-order valence-corrected chi connectivity index (χ3v) is 4.04. The number of ether oxygens (including phenoxy) is 1. The van der Waals surface area contributed by atoms with E-state index in [2.05, 4.69) is 28.6 Å². The Hall–Kier alpha value is -1.27. The van der Waals surface area contributed by atoms with Gasteiger partial charge in [0.15, 0.2) is 0 Å². The molecule has 0 spiro atoms. The van der Waals surface area contributed by atoms with Gasteiger partial charge in [-0.2, -0.15) is 0 Å². The van der Waals surface area contributed by atoms with E-state index in [9.17, 15) is 0 Å². The van der Waals surface area contributed by atoms with Gasteiger partial charge in [0.05, 0.1) is 24.8 Å². The molecular formula is C13H15N3OS. The lowest BCUT2D eigenvalue weighted by molar-refractivity contribution is 0.134. The zero-order chi connectivity index (χ0) is 12.4. The molecule has 2 heterocycles. The van der Waals surface area contributed by atoms with E-state index in [1.54, 1.807) is 11.3 Å². The van der Waals surface area contributed by atoms with Crippen LogP contribution in [0.1, 0.15) is 27.6 Å². The van der Waals surface area contributed by atoms with Gasteiger partial charge in [0, 0.05) is 17.5 Å². The van der Waals surface area contributed by atoms with Crippen LogP contribution in [0.15, 0.2) is 29.9 Å². The first kappa shape index (κ1) is 11.8. The molecule has 18 heavy (non-hydrogen) atoms. The molecule has 3 N–H and O–H groups in total. The molecule has 94 valence electrons. The number of nitrogens with zero attached hydrogens (tertiary/aromatic N) is 1. The summed E-state index contributed by atoms with van der Waals surface area (Å²) in [6, 6.07) is 6.57. The van der Waals surface area contributed by atoms with Crippen LogP contribution in [0.4, 0.5) is 0 Å². The normalized spacial score (nSPS) is 15.6. The van der Waals surface area contributed by atoms with Crippen molar-refractivity contribution < 1.29 is 4.74 Å². The molecule has 0 radical (unpaired) electrons. The quantitative estimate of drug-likeness (QED) is 0.652. The average molecular weight is 261 g/mol. The highest BCUT2D eigenvalue weighted by molar-refractivity contribution is 7.09. The Morgan fingerprint density at radius 3 is 3.06 bits per heavy atom. The highest BCUT2D eigenvalue weighted by Crippen LogP contribution is 2.26. The van der Waals surface area contributed by atoms with E-state index in [1.165, 1.54) is 21.6 Å². The third-order valence-electron chi connectivity index (χ3n) is 3.24. The standard InChI is InChI=1S/C13H15N3OS/c14-16-13(4-12-5-15-8-18-12)9-1-2-10-6-17-7-11(10)3-9/h1-3,5,8,13,16H,4,6-7,14H2. The topological polar surface area (TPSA) is 60.2 Å². The molecule has 1 aliphatic rings. The van der Waals surface area contributed by atoms with Gasteiger partial charge in [0.2, 0.25) is 0 Å². The number of hydrogen-bond donors (Lipinski definition) is 2. The molecule has 0 aliphatic carbocycles. The molecule has 4 nitrogen and oxygen atoms in total. The molecule has 1 aromatic carbocycles. The summed E-state index contributed by atoms with van der Waals surface area (Å²) < 4.78 is 5.43. The molecule has 1 unspecified atom stereocenters. The number of nitrogens with one attached hydrogen (secondary N) is 1. The molecular weight excluding hydrogens is 246 g/mol. The van der Waals surface area contributed by atoms with Crippen molar-refractivity contribution in [3.8, 4) is 0 Å². The van der Waals surface area contributed by atoms with E-state index in [1.807, 2.05) is 11.7 Å². The summed E-state index contributed by atoms with van der Waals surface area (Å²) in [4.78, 5) is 5.32. The summed E-state index contributed by atoms with van der Waals surface area (Å²) in [7, 11) is 0. The second-order valence-electron chi connectivity index (χ2n) is 4.41. The van der Waals surface area contributed by atoms with Gasteiger partial charge in [-0.05, 0) is 16.7 Å². The second-order valence-corrected chi connectivity index (χ2v) is 5.38. The lowest BCUT2D eigenvalue weighted by Gasteiger charge is -2.16. The first-order valence-corrected chi connectivity index (χ1v) is 6.77. The van der Waals surface area contributed by atoms with Crippen LogP contribution in [0.2, 0.25) is 0 Å². The number of thiazole rings is 1. The van der Waals surface area contributed by atoms with Crippen LogP contribution in [0.3, 0.4) is 0 Å². The maximum atomic E-state index is 5.67. The van der Waals surface area contributed by atoms with Gasteiger partial charge in [0.1, 0.15) is 0 Å². The third kappa shape index (κ3) is 2.30. The number of rotatable bonds is 4. The van der Waals surface area contributed by atoms with Gasteiger partial charge in [-0.1, -0.05) is 18.2 Å². The summed E-state index contributed by atoms with van der Waals surface area (Å²) in [5.74, 6) is 5.67. The monoisotopic (exact) mass is 261 g/mol. The smallest absolute Gasteiger partial charge is 0.0794 e. The van der Waals surface area contributed by atoms with Crippen LogP contribution in [-0.2, 0) is 24.4 Å². The fraction of sp³-hybridized carbons (Fsp3) is 0.308. The molecule has 1 atom stereocenters. The molecule has 5 heteroatoms. The second kappa shape index (κ2) is 5.16. The molecule has 0 saturated heterocycles. The van der Waals surface area contributed by atoms with Crippen molar-refractivity contribution in [2.75, 3.05) is 0 Å². The molecule has 2 aromatic rings. The first-order chi connectivity index (χ1) is 8.86. The average Bonchev–Trinajstić information content (AvgIpc) is 3.06. The van der Waals surface area contributed by atoms with Crippen LogP contribution >= 0.6 is 11.3 Å². The first-order valence-electron chi connectivity index (χ1n) is 5.90. The minimum atomic E-state index is 0.122. The van der Waals surface area contributed by atoms with Crippen molar-refractivity contribution in [3.05, 3.63) is 51.5 Å². The Kier molecular flexibility index (Phi) is 3.38. The lowest BCUT2D eigenvalue weighted by Crippen LogP contribution is -2.29. The SMILES string of the molecule is NNC(Cc1cncs1)c1ccc2c(c1)COC2. The maximum absolute atomic E-state index is 5.67. The molecule has 0 saturated carbocycles. The molecule has 0 bridgehead atoms. The number of nitrogens with two attached hydrogens (primary N) is 1. The zero-order valence-corrected chi connectivity index (χ0v) is 10.7. The molecule has 0 amide bonds. The van der Waals surface area contributed by atoms with Crippen molar-refractivity contribution in [2.24, 2.45) is 5.84 Å². The van der Waals surface area contributed by atoms with Crippen molar-refractivity contribution in [3.63, 3.8) is 0 Å². The highest BCUT2D eigenvalue weighted by Gasteiger charge is 2.16. The van der Waals surface area contributed by atoms with E-state index in [-0.39, 0.29) is 6.04 Å². The Labute approximate surface area is 110 Å². The van der Waals surface area contributed by atoms with E-state index >= 15 is 0 Å². The molecule has 0 fully saturated rings. The summed E-state index contributed by atoms with van der Waals surface area (Å²) in [5.41, 5.74) is 8.50. The maximum Gasteiger partial charge on any atom is 0.0794 e. The van der Waals surface area contributed by atoms with E-state index in [0.717, 1.165) is 13.0 Å². The number of hydrogen-bond acceptors (Lipinski definition) is 5. The van der Waals surface area contributed by atoms with Crippen molar-refractivity contribution in [1.82, 2.24) is 10.4 Å². The molecule has 1 aromatic heterocycles. The van der Waals surface area contributed by atoms with Gasteiger partial charge < -0.3 is 4.74 Å². The predicted octanol–water partition coefficient (Wildman–Crippen LogP) is 1.92. The molecule has 3 rings (SSSR count). The van der Waals surface area contributed by atoms with Crippen molar-refractivity contribution in [1.29, 1.82) is 0 Å². The summed E-state index contributed by atoms with van der Waals surface area (Å²) in [6.07, 6.45) is 2.76. The van der Waals surface area contributed by atoms with Gasteiger partial charge in [0.25, 0.3) is 0 Å². The van der Waals surface area contributed by atoms with Gasteiger partial charge >= 0.3 is 0 Å². The number of hydrazine groups is 1. The summed E-state index contributed by atoms with van der Waals surface area (Å²) in [5, 5.41) is 0. The zero-order valence-electron chi connectivity index (χ0n) is 9.93. The number of fused-ring (bicyclic) bond motifs is 1. The Morgan fingerprint density at radius 1 is 1.39 bits per heavy atom. The van der Waals surface area contributed by atoms with Crippen LogP contribution in [0.5, 0.6) is 0 Å². The van der Waals surface area contributed by atoms with Crippen LogP contribution in [-0.4, -0.2) is 4.98 Å². The molecule has 1 aliphatic heterocycles. The minimum Gasteiger partial charge on any atom is -0.372 e. The Balaban J connectivity index is 1.83. The Morgan fingerprint density at radius 2 is 2.28 bits per heavy atom. The summed E-state index contributed by atoms with van der Waals surface area (Å²) in [6.45, 7) is 1.44. The van der Waals surface area contributed by atoms with E-state index in [4.69, 9.17) is 10.6 Å².